The minimum absolute atomic E-state index is 0.0783. The van der Waals surface area contributed by atoms with Crippen molar-refractivity contribution in [3.05, 3.63) is 63.6 Å². The van der Waals surface area contributed by atoms with Crippen molar-refractivity contribution in [2.45, 2.75) is 6.92 Å². The maximum Gasteiger partial charge on any atom is 0.271 e. The van der Waals surface area contributed by atoms with Gasteiger partial charge in [-0.25, -0.2) is 0 Å². The van der Waals surface area contributed by atoms with Crippen LogP contribution in [0, 0.1) is 0 Å². The van der Waals surface area contributed by atoms with Crippen molar-refractivity contribution in [3.63, 3.8) is 0 Å². The lowest BCUT2D eigenvalue weighted by atomic mass is 10.2. The van der Waals surface area contributed by atoms with Gasteiger partial charge >= 0.3 is 0 Å². The summed E-state index contributed by atoms with van der Waals surface area (Å²) in [6.45, 7) is 3.45. The second-order valence-corrected chi connectivity index (χ2v) is 6.81. The van der Waals surface area contributed by atoms with E-state index in [2.05, 4.69) is 16.2 Å². The van der Waals surface area contributed by atoms with Crippen LogP contribution in [0.2, 0.25) is 10.0 Å². The third-order valence-electron chi connectivity index (χ3n) is 3.51. The van der Waals surface area contributed by atoms with E-state index in [0.717, 1.165) is 0 Å². The largest absolute Gasteiger partial charge is 0.491 e. The molecule has 0 spiro atoms. The molecule has 0 saturated heterocycles. The Hall–Kier alpha value is -2.39. The number of rotatable bonds is 7. The van der Waals surface area contributed by atoms with Crippen LogP contribution in [0.5, 0.6) is 5.75 Å². The number of hydrogen-bond donors (Lipinski definition) is 3. The summed E-state index contributed by atoms with van der Waals surface area (Å²) < 4.78 is 10.7. The van der Waals surface area contributed by atoms with E-state index >= 15 is 0 Å². The van der Waals surface area contributed by atoms with Crippen LogP contribution in [0.1, 0.15) is 27.6 Å². The fourth-order valence-corrected chi connectivity index (χ4v) is 2.76. The number of amides is 2. The van der Waals surface area contributed by atoms with E-state index in [1.165, 1.54) is 18.2 Å². The van der Waals surface area contributed by atoms with E-state index < -0.39 is 11.8 Å². The van der Waals surface area contributed by atoms with Crippen molar-refractivity contribution in [1.29, 1.82) is 0 Å². The lowest BCUT2D eigenvalue weighted by molar-refractivity contribution is 0.0934. The minimum atomic E-state index is -0.531. The number of halogens is 2. The van der Waals surface area contributed by atoms with Crippen molar-refractivity contribution in [2.24, 2.45) is 0 Å². The second kappa shape index (κ2) is 11.6. The van der Waals surface area contributed by atoms with Gasteiger partial charge in [0.1, 0.15) is 12.4 Å². The van der Waals surface area contributed by atoms with Gasteiger partial charge in [-0.2, -0.15) is 0 Å². The first-order valence-electron chi connectivity index (χ1n) is 8.58. The number of hydrazine groups is 1. The molecule has 0 bridgehead atoms. The summed E-state index contributed by atoms with van der Waals surface area (Å²) >= 11 is 16.8. The normalized spacial score (nSPS) is 10.2. The number of carbonyl (C=O) groups is 2. The van der Waals surface area contributed by atoms with Gasteiger partial charge in [0.2, 0.25) is 0 Å². The molecule has 0 unspecified atom stereocenters. The highest BCUT2D eigenvalue weighted by Gasteiger charge is 2.12. The van der Waals surface area contributed by atoms with Crippen LogP contribution >= 0.6 is 35.4 Å². The van der Waals surface area contributed by atoms with Crippen LogP contribution in [-0.4, -0.2) is 36.7 Å². The molecule has 0 heterocycles. The van der Waals surface area contributed by atoms with E-state index in [-0.39, 0.29) is 15.7 Å². The Kier molecular flexibility index (Phi) is 9.14. The average Bonchev–Trinajstić information content (AvgIpc) is 2.70. The second-order valence-electron chi connectivity index (χ2n) is 5.56. The zero-order chi connectivity index (χ0) is 21.2. The average molecular weight is 456 g/mol. The molecule has 0 radical (unpaired) electrons. The van der Waals surface area contributed by atoms with Crippen molar-refractivity contribution in [2.75, 3.05) is 19.8 Å². The zero-order valence-electron chi connectivity index (χ0n) is 15.5. The third kappa shape index (κ3) is 7.51. The van der Waals surface area contributed by atoms with Gasteiger partial charge in [-0.05, 0) is 61.6 Å². The van der Waals surface area contributed by atoms with Crippen LogP contribution in [0.15, 0.2) is 42.5 Å². The molecule has 7 nitrogen and oxygen atoms in total. The Bertz CT molecular complexity index is 878. The molecule has 2 amide bonds. The lowest BCUT2D eigenvalue weighted by Gasteiger charge is -2.12. The quantitative estimate of drug-likeness (QED) is 0.337. The molecule has 0 aromatic heterocycles. The summed E-state index contributed by atoms with van der Waals surface area (Å²) in [5, 5.41) is 2.98. The summed E-state index contributed by atoms with van der Waals surface area (Å²) in [5.41, 5.74) is 5.38. The van der Waals surface area contributed by atoms with Crippen molar-refractivity contribution >= 4 is 52.3 Å². The van der Waals surface area contributed by atoms with Crippen molar-refractivity contribution < 1.29 is 19.1 Å². The number of hydrogen-bond acceptors (Lipinski definition) is 5. The van der Waals surface area contributed by atoms with Gasteiger partial charge in [-0.3, -0.25) is 25.8 Å². The first-order chi connectivity index (χ1) is 13.9. The fraction of sp³-hybridized carbons (Fsp3) is 0.211. The van der Waals surface area contributed by atoms with Crippen LogP contribution < -0.4 is 20.9 Å². The van der Waals surface area contributed by atoms with Crippen LogP contribution in [-0.2, 0) is 4.74 Å². The van der Waals surface area contributed by atoms with Gasteiger partial charge in [0.25, 0.3) is 11.8 Å². The van der Waals surface area contributed by atoms with Gasteiger partial charge in [0.05, 0.1) is 17.2 Å². The summed E-state index contributed by atoms with van der Waals surface area (Å²) in [6, 6.07) is 11.0. The van der Waals surface area contributed by atoms with Crippen LogP contribution in [0.25, 0.3) is 0 Å². The Labute approximate surface area is 183 Å². The Morgan fingerprint density at radius 2 is 1.72 bits per heavy atom. The fourth-order valence-electron chi connectivity index (χ4n) is 2.13. The molecule has 0 atom stereocenters. The van der Waals surface area contributed by atoms with Gasteiger partial charge < -0.3 is 9.47 Å². The summed E-state index contributed by atoms with van der Waals surface area (Å²) in [5.74, 6) is -0.354. The topological polar surface area (TPSA) is 88.7 Å². The van der Waals surface area contributed by atoms with E-state index in [0.29, 0.717) is 36.2 Å². The van der Waals surface area contributed by atoms with E-state index in [1.54, 1.807) is 24.3 Å². The van der Waals surface area contributed by atoms with E-state index in [9.17, 15) is 9.59 Å². The molecule has 0 fully saturated rings. The first kappa shape index (κ1) is 22.9. The maximum atomic E-state index is 12.2. The molecule has 2 aromatic carbocycles. The van der Waals surface area contributed by atoms with Gasteiger partial charge in [0, 0.05) is 17.2 Å². The van der Waals surface area contributed by atoms with Gasteiger partial charge in [-0.1, -0.05) is 23.2 Å². The molecule has 0 aliphatic heterocycles. The Morgan fingerprint density at radius 1 is 1.00 bits per heavy atom. The molecule has 3 N–H and O–H groups in total. The Balaban J connectivity index is 1.81. The zero-order valence-corrected chi connectivity index (χ0v) is 17.8. The standard InChI is InChI=1S/C19H19Cl2N3O4S/c1-2-27-9-10-28-14-6-3-12(4-7-14)17(25)22-19(29)24-23-18(26)15-8-5-13(20)11-16(15)21/h3-8,11H,2,9-10H2,1H3,(H,23,26)(H2,22,24,25,29). The summed E-state index contributed by atoms with van der Waals surface area (Å²) in [4.78, 5) is 24.3. The molecular weight excluding hydrogens is 437 g/mol. The van der Waals surface area contributed by atoms with Crippen LogP contribution in [0.4, 0.5) is 0 Å². The van der Waals surface area contributed by atoms with Gasteiger partial charge in [0.15, 0.2) is 5.11 Å². The molecule has 2 rings (SSSR count). The molecule has 2 aromatic rings. The van der Waals surface area contributed by atoms with E-state index in [4.69, 9.17) is 44.9 Å². The Morgan fingerprint density at radius 3 is 2.38 bits per heavy atom. The predicted molar refractivity (Wildman–Crippen MR) is 116 cm³/mol. The molecule has 154 valence electrons. The minimum Gasteiger partial charge on any atom is -0.491 e. The highest BCUT2D eigenvalue weighted by molar-refractivity contribution is 7.80. The highest BCUT2D eigenvalue weighted by Crippen LogP contribution is 2.20. The monoisotopic (exact) mass is 455 g/mol. The number of benzene rings is 2. The number of thiocarbonyl (C=S) groups is 1. The number of carbonyl (C=O) groups excluding carboxylic acids is 2. The molecule has 0 aliphatic carbocycles. The molecule has 0 aliphatic rings. The smallest absolute Gasteiger partial charge is 0.271 e. The summed E-state index contributed by atoms with van der Waals surface area (Å²) in [7, 11) is 0. The van der Waals surface area contributed by atoms with Crippen LogP contribution in [0.3, 0.4) is 0 Å². The lowest BCUT2D eigenvalue weighted by Crippen LogP contribution is -2.48. The number of ether oxygens (including phenoxy) is 2. The molecular formula is C19H19Cl2N3O4S. The predicted octanol–water partition coefficient (Wildman–Crippen LogP) is 3.36. The first-order valence-corrected chi connectivity index (χ1v) is 9.74. The maximum absolute atomic E-state index is 12.2. The third-order valence-corrected chi connectivity index (χ3v) is 4.26. The SMILES string of the molecule is CCOCCOc1ccc(C(=O)NC(=S)NNC(=O)c2ccc(Cl)cc2Cl)cc1. The van der Waals surface area contributed by atoms with Gasteiger partial charge in [-0.15, -0.1) is 0 Å². The molecule has 10 heteroatoms. The molecule has 29 heavy (non-hydrogen) atoms. The summed E-state index contributed by atoms with van der Waals surface area (Å²) in [6.07, 6.45) is 0. The van der Waals surface area contributed by atoms with Crippen molar-refractivity contribution in [3.8, 4) is 5.75 Å². The number of nitrogens with one attached hydrogen (secondary N) is 3. The highest BCUT2D eigenvalue weighted by atomic mass is 35.5. The molecule has 0 saturated carbocycles. The van der Waals surface area contributed by atoms with E-state index in [1.807, 2.05) is 6.92 Å². The van der Waals surface area contributed by atoms with Crippen molar-refractivity contribution in [1.82, 2.24) is 16.2 Å².